The molecular formula is C15H16FNO2. The van der Waals surface area contributed by atoms with Gasteiger partial charge in [0.1, 0.15) is 11.6 Å². The van der Waals surface area contributed by atoms with Gasteiger partial charge in [0.05, 0.1) is 18.4 Å². The molecule has 0 atom stereocenters. The zero-order valence-electron chi connectivity index (χ0n) is 10.8. The number of nitrogens with zero attached hydrogens (tertiary/aromatic N) is 1. The van der Waals surface area contributed by atoms with E-state index in [4.69, 9.17) is 4.42 Å². The van der Waals surface area contributed by atoms with Crippen molar-refractivity contribution in [1.82, 2.24) is 4.90 Å². The van der Waals surface area contributed by atoms with Gasteiger partial charge < -0.3 is 4.42 Å². The number of rotatable bonds is 6. The number of carbonyl (C=O) groups is 1. The minimum atomic E-state index is -0.457. The molecule has 4 heteroatoms. The summed E-state index contributed by atoms with van der Waals surface area (Å²) in [6.45, 7) is 1.20. The molecule has 0 amide bonds. The number of ketones is 1. The Balaban J connectivity index is 1.85. The standard InChI is InChI=1S/C15H16FNO2/c1-17(11-12-5-4-10-19-12)9-8-15(18)13-6-2-3-7-14(13)16/h2-7,10H,8-9,11H2,1H3. The van der Waals surface area contributed by atoms with Gasteiger partial charge in [0.15, 0.2) is 5.78 Å². The Bertz CT molecular complexity index is 537. The Morgan fingerprint density at radius 3 is 2.74 bits per heavy atom. The fourth-order valence-electron chi connectivity index (χ4n) is 1.86. The molecule has 1 heterocycles. The smallest absolute Gasteiger partial charge is 0.167 e. The summed E-state index contributed by atoms with van der Waals surface area (Å²) in [5, 5.41) is 0. The van der Waals surface area contributed by atoms with E-state index in [-0.39, 0.29) is 17.8 Å². The highest BCUT2D eigenvalue weighted by Gasteiger charge is 2.12. The first-order valence-corrected chi connectivity index (χ1v) is 6.15. The van der Waals surface area contributed by atoms with E-state index in [2.05, 4.69) is 0 Å². The first kappa shape index (κ1) is 13.5. The van der Waals surface area contributed by atoms with Gasteiger partial charge in [-0.15, -0.1) is 0 Å². The summed E-state index contributed by atoms with van der Waals surface area (Å²) in [7, 11) is 1.90. The summed E-state index contributed by atoms with van der Waals surface area (Å²) >= 11 is 0. The van der Waals surface area contributed by atoms with Crippen LogP contribution in [0.2, 0.25) is 0 Å². The van der Waals surface area contributed by atoms with Crippen LogP contribution in [0.1, 0.15) is 22.5 Å². The normalized spacial score (nSPS) is 10.9. The third-order valence-electron chi connectivity index (χ3n) is 2.90. The average molecular weight is 261 g/mol. The Morgan fingerprint density at radius 1 is 1.26 bits per heavy atom. The quantitative estimate of drug-likeness (QED) is 0.749. The number of carbonyl (C=O) groups excluding carboxylic acids is 1. The zero-order chi connectivity index (χ0) is 13.7. The molecule has 0 bridgehead atoms. The molecule has 0 saturated carbocycles. The zero-order valence-corrected chi connectivity index (χ0v) is 10.8. The molecule has 0 saturated heterocycles. The molecule has 0 unspecified atom stereocenters. The van der Waals surface area contributed by atoms with Crippen molar-refractivity contribution in [3.05, 3.63) is 59.8 Å². The van der Waals surface area contributed by atoms with Gasteiger partial charge in [-0.05, 0) is 31.3 Å². The highest BCUT2D eigenvalue weighted by Crippen LogP contribution is 2.10. The fraction of sp³-hybridized carbons (Fsp3) is 0.267. The number of hydrogen-bond donors (Lipinski definition) is 0. The lowest BCUT2D eigenvalue weighted by molar-refractivity contribution is 0.0962. The predicted octanol–water partition coefficient (Wildman–Crippen LogP) is 3.12. The van der Waals surface area contributed by atoms with Crippen LogP contribution in [0.4, 0.5) is 4.39 Å². The highest BCUT2D eigenvalue weighted by atomic mass is 19.1. The minimum absolute atomic E-state index is 0.161. The van der Waals surface area contributed by atoms with Crippen molar-refractivity contribution in [2.45, 2.75) is 13.0 Å². The van der Waals surface area contributed by atoms with E-state index >= 15 is 0 Å². The molecule has 0 aliphatic heterocycles. The molecule has 1 aromatic heterocycles. The van der Waals surface area contributed by atoms with E-state index in [1.54, 1.807) is 18.4 Å². The van der Waals surface area contributed by atoms with Gasteiger partial charge in [-0.2, -0.15) is 0 Å². The monoisotopic (exact) mass is 261 g/mol. The minimum Gasteiger partial charge on any atom is -0.468 e. The molecule has 0 fully saturated rings. The van der Waals surface area contributed by atoms with Gasteiger partial charge in [-0.25, -0.2) is 4.39 Å². The number of halogens is 1. The molecule has 1 aromatic carbocycles. The number of hydrogen-bond acceptors (Lipinski definition) is 3. The third-order valence-corrected chi connectivity index (χ3v) is 2.90. The number of Topliss-reactive ketones (excluding diaryl/α,β-unsaturated/α-hetero) is 1. The van der Waals surface area contributed by atoms with Gasteiger partial charge in [-0.3, -0.25) is 9.69 Å². The molecule has 0 N–H and O–H groups in total. The molecule has 19 heavy (non-hydrogen) atoms. The Labute approximate surface area is 111 Å². The molecule has 3 nitrogen and oxygen atoms in total. The third kappa shape index (κ3) is 3.76. The molecule has 0 radical (unpaired) electrons. The van der Waals surface area contributed by atoms with Gasteiger partial charge in [0, 0.05) is 13.0 Å². The first-order valence-electron chi connectivity index (χ1n) is 6.15. The Morgan fingerprint density at radius 2 is 2.05 bits per heavy atom. The second-order valence-corrected chi connectivity index (χ2v) is 4.47. The topological polar surface area (TPSA) is 33.5 Å². The van der Waals surface area contributed by atoms with Crippen molar-refractivity contribution >= 4 is 5.78 Å². The number of furan rings is 1. The van der Waals surface area contributed by atoms with Crippen molar-refractivity contribution < 1.29 is 13.6 Å². The molecule has 100 valence electrons. The SMILES string of the molecule is CN(CCC(=O)c1ccccc1F)Cc1ccco1. The van der Waals surface area contributed by atoms with Gasteiger partial charge in [0.2, 0.25) is 0 Å². The van der Waals surface area contributed by atoms with Crippen LogP contribution in [0.25, 0.3) is 0 Å². The van der Waals surface area contributed by atoms with Crippen LogP contribution < -0.4 is 0 Å². The molecule has 0 spiro atoms. The molecule has 0 aliphatic rings. The second kappa shape index (κ2) is 6.29. The van der Waals surface area contributed by atoms with Crippen molar-refractivity contribution in [1.29, 1.82) is 0 Å². The van der Waals surface area contributed by atoms with Crippen LogP contribution in [-0.4, -0.2) is 24.3 Å². The van der Waals surface area contributed by atoms with Crippen LogP contribution >= 0.6 is 0 Å². The van der Waals surface area contributed by atoms with E-state index in [9.17, 15) is 9.18 Å². The van der Waals surface area contributed by atoms with E-state index in [1.165, 1.54) is 12.1 Å². The van der Waals surface area contributed by atoms with Crippen molar-refractivity contribution in [3.63, 3.8) is 0 Å². The van der Waals surface area contributed by atoms with E-state index in [1.807, 2.05) is 24.1 Å². The summed E-state index contributed by atoms with van der Waals surface area (Å²) < 4.78 is 18.6. The van der Waals surface area contributed by atoms with E-state index < -0.39 is 5.82 Å². The first-order chi connectivity index (χ1) is 9.16. The second-order valence-electron chi connectivity index (χ2n) is 4.47. The summed E-state index contributed by atoms with van der Waals surface area (Å²) in [6.07, 6.45) is 1.91. The predicted molar refractivity (Wildman–Crippen MR) is 70.4 cm³/mol. The maximum atomic E-state index is 13.4. The highest BCUT2D eigenvalue weighted by molar-refractivity contribution is 5.96. The number of benzene rings is 1. The lowest BCUT2D eigenvalue weighted by Gasteiger charge is -2.14. The van der Waals surface area contributed by atoms with Gasteiger partial charge in [0.25, 0.3) is 0 Å². The van der Waals surface area contributed by atoms with Crippen molar-refractivity contribution in [2.24, 2.45) is 0 Å². The van der Waals surface area contributed by atoms with Gasteiger partial charge >= 0.3 is 0 Å². The van der Waals surface area contributed by atoms with E-state index in [0.29, 0.717) is 13.1 Å². The van der Waals surface area contributed by atoms with Crippen LogP contribution in [0.5, 0.6) is 0 Å². The molecule has 2 rings (SSSR count). The maximum Gasteiger partial charge on any atom is 0.167 e. The average Bonchev–Trinajstić information content (AvgIpc) is 2.89. The van der Waals surface area contributed by atoms with Gasteiger partial charge in [-0.1, -0.05) is 12.1 Å². The van der Waals surface area contributed by atoms with Crippen LogP contribution in [-0.2, 0) is 6.54 Å². The summed E-state index contributed by atoms with van der Waals surface area (Å²) in [5.74, 6) is 0.214. The summed E-state index contributed by atoms with van der Waals surface area (Å²) in [4.78, 5) is 13.9. The lowest BCUT2D eigenvalue weighted by Crippen LogP contribution is -2.21. The largest absolute Gasteiger partial charge is 0.468 e. The molecule has 0 aliphatic carbocycles. The molecule has 2 aromatic rings. The Kier molecular flexibility index (Phi) is 4.47. The van der Waals surface area contributed by atoms with Crippen molar-refractivity contribution in [2.75, 3.05) is 13.6 Å². The lowest BCUT2D eigenvalue weighted by atomic mass is 10.1. The molecular weight excluding hydrogens is 245 g/mol. The van der Waals surface area contributed by atoms with Crippen molar-refractivity contribution in [3.8, 4) is 0 Å². The van der Waals surface area contributed by atoms with E-state index in [0.717, 1.165) is 5.76 Å². The van der Waals surface area contributed by atoms with Crippen LogP contribution in [0, 0.1) is 5.82 Å². The van der Waals surface area contributed by atoms with Crippen LogP contribution in [0.15, 0.2) is 47.1 Å². The fourth-order valence-corrected chi connectivity index (χ4v) is 1.86. The maximum absolute atomic E-state index is 13.4. The van der Waals surface area contributed by atoms with Crippen LogP contribution in [0.3, 0.4) is 0 Å². The summed E-state index contributed by atoms with van der Waals surface area (Å²) in [5.41, 5.74) is 0.161. The summed E-state index contributed by atoms with van der Waals surface area (Å²) in [6, 6.07) is 9.78. The Hall–Kier alpha value is -1.94.